The summed E-state index contributed by atoms with van der Waals surface area (Å²) in [5, 5.41) is 12.4. The van der Waals surface area contributed by atoms with Crippen molar-refractivity contribution in [3.8, 4) is 6.07 Å². The van der Waals surface area contributed by atoms with Gasteiger partial charge in [-0.1, -0.05) is 22.9 Å². The summed E-state index contributed by atoms with van der Waals surface area (Å²) in [6, 6.07) is 11.9. The van der Waals surface area contributed by atoms with Gasteiger partial charge < -0.3 is 9.73 Å². The Morgan fingerprint density at radius 1 is 1.40 bits per heavy atom. The summed E-state index contributed by atoms with van der Waals surface area (Å²) in [5.74, 6) is 3.35. The number of nitrogens with one attached hydrogen (secondary N) is 1. The van der Waals surface area contributed by atoms with E-state index in [0.717, 1.165) is 27.6 Å². The quantitative estimate of drug-likeness (QED) is 0.887. The molecule has 2 atom stereocenters. The fourth-order valence-electron chi connectivity index (χ4n) is 2.35. The van der Waals surface area contributed by atoms with Gasteiger partial charge in [0.05, 0.1) is 17.8 Å². The summed E-state index contributed by atoms with van der Waals surface area (Å²) in [6.07, 6.45) is 1.23. The van der Waals surface area contributed by atoms with Gasteiger partial charge in [-0.3, -0.25) is 0 Å². The van der Waals surface area contributed by atoms with Crippen molar-refractivity contribution >= 4 is 21.6 Å². The minimum absolute atomic E-state index is 0.595. The van der Waals surface area contributed by atoms with Crippen LogP contribution in [0.15, 0.2) is 39.2 Å². The second kappa shape index (κ2) is 5.34. The molecule has 3 nitrogen and oxygen atoms in total. The Balaban J connectivity index is 1.67. The van der Waals surface area contributed by atoms with E-state index >= 15 is 0 Å². The second-order valence-electron chi connectivity index (χ2n) is 5.28. The number of anilines is 1. The molecule has 1 aliphatic carbocycles. The summed E-state index contributed by atoms with van der Waals surface area (Å²) >= 11 is 3.37. The highest BCUT2D eigenvalue weighted by atomic mass is 79.9. The van der Waals surface area contributed by atoms with E-state index in [1.807, 2.05) is 24.3 Å². The van der Waals surface area contributed by atoms with E-state index in [9.17, 15) is 0 Å². The Labute approximate surface area is 126 Å². The Morgan fingerprint density at radius 2 is 2.20 bits per heavy atom. The van der Waals surface area contributed by atoms with Crippen LogP contribution in [-0.2, 0) is 6.54 Å². The normalized spacial score (nSPS) is 20.4. The maximum atomic E-state index is 9.12. The van der Waals surface area contributed by atoms with E-state index in [1.54, 1.807) is 0 Å². The molecule has 0 saturated heterocycles. The van der Waals surface area contributed by atoms with Gasteiger partial charge in [-0.25, -0.2) is 0 Å². The molecule has 0 spiro atoms. The molecule has 1 aromatic heterocycles. The predicted molar refractivity (Wildman–Crippen MR) is 81.4 cm³/mol. The van der Waals surface area contributed by atoms with Crippen LogP contribution in [0.5, 0.6) is 0 Å². The van der Waals surface area contributed by atoms with Gasteiger partial charge in [-0.05, 0) is 42.7 Å². The lowest BCUT2D eigenvalue weighted by molar-refractivity contribution is 0.468. The fraction of sp³-hybridized carbons (Fsp3) is 0.312. The van der Waals surface area contributed by atoms with Gasteiger partial charge in [0, 0.05) is 10.4 Å². The van der Waals surface area contributed by atoms with Crippen LogP contribution in [0.1, 0.15) is 36.3 Å². The van der Waals surface area contributed by atoms with Crippen molar-refractivity contribution in [2.45, 2.75) is 25.8 Å². The topological polar surface area (TPSA) is 49.0 Å². The van der Waals surface area contributed by atoms with Crippen LogP contribution in [0.25, 0.3) is 0 Å². The molecule has 20 heavy (non-hydrogen) atoms. The Morgan fingerprint density at radius 3 is 2.90 bits per heavy atom. The van der Waals surface area contributed by atoms with Crippen molar-refractivity contribution in [3.05, 3.63) is 51.9 Å². The Hall–Kier alpha value is -1.73. The molecule has 1 heterocycles. The van der Waals surface area contributed by atoms with Gasteiger partial charge in [0.25, 0.3) is 0 Å². The van der Waals surface area contributed by atoms with Crippen molar-refractivity contribution < 1.29 is 4.42 Å². The van der Waals surface area contributed by atoms with Crippen LogP contribution in [0.3, 0.4) is 0 Å². The maximum Gasteiger partial charge on any atom is 0.123 e. The number of rotatable bonds is 4. The lowest BCUT2D eigenvalue weighted by atomic mass is 10.2. The number of hydrogen-bond donors (Lipinski definition) is 1. The van der Waals surface area contributed by atoms with Crippen molar-refractivity contribution in [2.75, 3.05) is 5.32 Å². The molecule has 1 aromatic carbocycles. The minimum Gasteiger partial charge on any atom is -0.464 e. The van der Waals surface area contributed by atoms with Gasteiger partial charge in [0.2, 0.25) is 0 Å². The van der Waals surface area contributed by atoms with Crippen LogP contribution in [0, 0.1) is 17.2 Å². The third kappa shape index (κ3) is 2.73. The van der Waals surface area contributed by atoms with E-state index in [-0.39, 0.29) is 0 Å². The van der Waals surface area contributed by atoms with Gasteiger partial charge in [-0.15, -0.1) is 0 Å². The summed E-state index contributed by atoms with van der Waals surface area (Å²) in [4.78, 5) is 0. The van der Waals surface area contributed by atoms with E-state index in [0.29, 0.717) is 18.0 Å². The molecular weight excluding hydrogens is 316 g/mol. The average Bonchev–Trinajstić information content (AvgIpc) is 3.00. The van der Waals surface area contributed by atoms with Crippen LogP contribution in [0.4, 0.5) is 5.69 Å². The third-order valence-corrected chi connectivity index (χ3v) is 4.21. The van der Waals surface area contributed by atoms with E-state index in [1.165, 1.54) is 6.42 Å². The molecule has 1 fully saturated rings. The molecule has 1 N–H and O–H groups in total. The number of halogens is 1. The Bertz CT molecular complexity index is 671. The molecule has 0 aliphatic heterocycles. The lowest BCUT2D eigenvalue weighted by Crippen LogP contribution is -2.00. The summed E-state index contributed by atoms with van der Waals surface area (Å²) in [7, 11) is 0. The first kappa shape index (κ1) is 13.3. The summed E-state index contributed by atoms with van der Waals surface area (Å²) in [6.45, 7) is 2.84. The average molecular weight is 331 g/mol. The number of benzene rings is 1. The van der Waals surface area contributed by atoms with Crippen LogP contribution in [-0.4, -0.2) is 0 Å². The molecule has 0 bridgehead atoms. The molecule has 2 unspecified atom stereocenters. The highest BCUT2D eigenvalue weighted by Crippen LogP contribution is 2.47. The van der Waals surface area contributed by atoms with Gasteiger partial charge in [0.15, 0.2) is 0 Å². The Kier molecular flexibility index (Phi) is 3.54. The highest BCUT2D eigenvalue weighted by molar-refractivity contribution is 9.10. The van der Waals surface area contributed by atoms with E-state index in [4.69, 9.17) is 9.68 Å². The first-order valence-electron chi connectivity index (χ1n) is 6.69. The molecule has 4 heteroatoms. The maximum absolute atomic E-state index is 9.12. The van der Waals surface area contributed by atoms with Crippen molar-refractivity contribution in [1.29, 1.82) is 5.26 Å². The van der Waals surface area contributed by atoms with Crippen LogP contribution < -0.4 is 5.32 Å². The van der Waals surface area contributed by atoms with Gasteiger partial charge in [-0.2, -0.15) is 5.26 Å². The first-order valence-corrected chi connectivity index (χ1v) is 7.49. The van der Waals surface area contributed by atoms with E-state index < -0.39 is 0 Å². The molecule has 2 aromatic rings. The largest absolute Gasteiger partial charge is 0.464 e. The number of hydrogen-bond acceptors (Lipinski definition) is 3. The predicted octanol–water partition coefficient (Wildman–Crippen LogP) is 4.65. The molecular formula is C16H15BrN2O. The SMILES string of the molecule is CC1CC1c1ccc(CNc2ccc(Br)cc2C#N)o1. The smallest absolute Gasteiger partial charge is 0.123 e. The zero-order valence-corrected chi connectivity index (χ0v) is 12.8. The fourth-order valence-corrected chi connectivity index (χ4v) is 2.71. The van der Waals surface area contributed by atoms with Gasteiger partial charge in [0.1, 0.15) is 17.6 Å². The second-order valence-corrected chi connectivity index (χ2v) is 6.19. The van der Waals surface area contributed by atoms with Crippen molar-refractivity contribution in [2.24, 2.45) is 5.92 Å². The molecule has 1 saturated carbocycles. The molecule has 1 aliphatic rings. The molecule has 0 radical (unpaired) electrons. The van der Waals surface area contributed by atoms with Crippen molar-refractivity contribution in [3.63, 3.8) is 0 Å². The number of nitrogens with zero attached hydrogens (tertiary/aromatic N) is 1. The zero-order valence-electron chi connectivity index (χ0n) is 11.2. The van der Waals surface area contributed by atoms with Crippen LogP contribution in [0.2, 0.25) is 0 Å². The lowest BCUT2D eigenvalue weighted by Gasteiger charge is -2.06. The standard InChI is InChI=1S/C16H15BrN2O/c1-10-6-14(10)16-5-3-13(20-16)9-19-15-4-2-12(17)7-11(15)8-18/h2-5,7,10,14,19H,6,9H2,1H3. The van der Waals surface area contributed by atoms with Crippen LogP contribution >= 0.6 is 15.9 Å². The third-order valence-electron chi connectivity index (χ3n) is 3.71. The molecule has 3 rings (SSSR count). The number of furan rings is 1. The van der Waals surface area contributed by atoms with Crippen molar-refractivity contribution in [1.82, 2.24) is 0 Å². The number of nitriles is 1. The molecule has 0 amide bonds. The molecule has 102 valence electrons. The summed E-state index contributed by atoms with van der Waals surface area (Å²) in [5.41, 5.74) is 1.45. The van der Waals surface area contributed by atoms with E-state index in [2.05, 4.69) is 40.3 Å². The summed E-state index contributed by atoms with van der Waals surface area (Å²) < 4.78 is 6.75. The highest BCUT2D eigenvalue weighted by Gasteiger charge is 2.36. The van der Waals surface area contributed by atoms with Gasteiger partial charge >= 0.3 is 0 Å². The zero-order chi connectivity index (χ0) is 14.1. The monoisotopic (exact) mass is 330 g/mol. The minimum atomic E-state index is 0.595. The first-order chi connectivity index (χ1) is 9.67.